The van der Waals surface area contributed by atoms with Crippen LogP contribution >= 0.6 is 46.6 Å². The summed E-state index contributed by atoms with van der Waals surface area (Å²) in [6.07, 6.45) is 3.63. The summed E-state index contributed by atoms with van der Waals surface area (Å²) in [5.74, 6) is 0.733. The van der Waals surface area contributed by atoms with Gasteiger partial charge in [0.15, 0.2) is 5.16 Å². The van der Waals surface area contributed by atoms with Crippen molar-refractivity contribution in [2.75, 3.05) is 0 Å². The Morgan fingerprint density at radius 3 is 2.13 bits per heavy atom. The maximum atomic E-state index is 6.01. The first-order valence-electron chi connectivity index (χ1n) is 6.76. The van der Waals surface area contributed by atoms with E-state index in [0.29, 0.717) is 20.2 Å². The summed E-state index contributed by atoms with van der Waals surface area (Å²) in [6.45, 7) is 0. The number of thioether (sulfide) groups is 1. The van der Waals surface area contributed by atoms with Crippen LogP contribution in [0, 0.1) is 0 Å². The largest absolute Gasteiger partial charge is 0.230 e. The SMILES string of the molecule is Clc1ccc(-c2cnc(SCc3ccc(Cl)c(Cl)c3)nc2)cc1. The number of halogens is 3. The minimum absolute atomic E-state index is 0.559. The fourth-order valence-electron chi connectivity index (χ4n) is 1.96. The third-order valence-electron chi connectivity index (χ3n) is 3.16. The molecule has 0 fully saturated rings. The molecule has 0 N–H and O–H groups in total. The Bertz CT molecular complexity index is 805. The van der Waals surface area contributed by atoms with Gasteiger partial charge in [0.25, 0.3) is 0 Å². The van der Waals surface area contributed by atoms with Gasteiger partial charge in [-0.25, -0.2) is 9.97 Å². The van der Waals surface area contributed by atoms with E-state index in [1.54, 1.807) is 17.8 Å². The van der Waals surface area contributed by atoms with E-state index < -0.39 is 0 Å². The van der Waals surface area contributed by atoms with Crippen LogP contribution in [0.15, 0.2) is 60.0 Å². The van der Waals surface area contributed by atoms with E-state index in [4.69, 9.17) is 34.8 Å². The van der Waals surface area contributed by atoms with E-state index in [1.807, 2.05) is 48.8 Å². The first-order valence-corrected chi connectivity index (χ1v) is 8.88. The van der Waals surface area contributed by atoms with Crippen molar-refractivity contribution in [1.82, 2.24) is 9.97 Å². The smallest absolute Gasteiger partial charge is 0.187 e. The van der Waals surface area contributed by atoms with E-state index in [0.717, 1.165) is 22.4 Å². The number of rotatable bonds is 4. The molecular formula is C17H11Cl3N2S. The molecule has 0 aliphatic rings. The molecule has 0 unspecified atom stereocenters. The van der Waals surface area contributed by atoms with Gasteiger partial charge in [0.1, 0.15) is 0 Å². The number of aromatic nitrogens is 2. The van der Waals surface area contributed by atoms with Gasteiger partial charge in [0.05, 0.1) is 10.0 Å². The lowest BCUT2D eigenvalue weighted by Crippen LogP contribution is -1.89. The Morgan fingerprint density at radius 2 is 1.48 bits per heavy atom. The van der Waals surface area contributed by atoms with Crippen molar-refractivity contribution in [3.63, 3.8) is 0 Å². The van der Waals surface area contributed by atoms with Gasteiger partial charge < -0.3 is 0 Å². The van der Waals surface area contributed by atoms with Gasteiger partial charge in [-0.15, -0.1) is 0 Å². The molecule has 3 aromatic rings. The summed E-state index contributed by atoms with van der Waals surface area (Å²) in [5, 5.41) is 2.55. The van der Waals surface area contributed by atoms with Crippen LogP contribution in [0.25, 0.3) is 11.1 Å². The highest BCUT2D eigenvalue weighted by atomic mass is 35.5. The molecule has 0 spiro atoms. The van der Waals surface area contributed by atoms with Crippen LogP contribution in [0.3, 0.4) is 0 Å². The van der Waals surface area contributed by atoms with Crippen LogP contribution in [-0.2, 0) is 5.75 Å². The van der Waals surface area contributed by atoms with Gasteiger partial charge in [-0.05, 0) is 35.4 Å². The van der Waals surface area contributed by atoms with Crippen molar-refractivity contribution in [3.05, 3.63) is 75.5 Å². The first kappa shape index (κ1) is 16.6. The number of nitrogens with zero attached hydrogens (tertiary/aromatic N) is 2. The van der Waals surface area contributed by atoms with Gasteiger partial charge in [-0.2, -0.15) is 0 Å². The molecule has 0 aliphatic heterocycles. The highest BCUT2D eigenvalue weighted by Crippen LogP contribution is 2.27. The second-order valence-corrected chi connectivity index (χ2v) is 6.99. The Balaban J connectivity index is 1.67. The van der Waals surface area contributed by atoms with Gasteiger partial charge in [0.2, 0.25) is 0 Å². The molecule has 0 bridgehead atoms. The fraction of sp³-hybridized carbons (Fsp3) is 0.0588. The number of hydrogen-bond donors (Lipinski definition) is 0. The molecule has 116 valence electrons. The van der Waals surface area contributed by atoms with E-state index in [9.17, 15) is 0 Å². The van der Waals surface area contributed by atoms with Gasteiger partial charge in [-0.3, -0.25) is 0 Å². The maximum absolute atomic E-state index is 6.01. The Kier molecular flexibility index (Phi) is 5.44. The van der Waals surface area contributed by atoms with Crippen LogP contribution in [0.4, 0.5) is 0 Å². The highest BCUT2D eigenvalue weighted by Gasteiger charge is 2.04. The van der Waals surface area contributed by atoms with Crippen LogP contribution in [0.2, 0.25) is 15.1 Å². The maximum Gasteiger partial charge on any atom is 0.187 e. The molecule has 0 amide bonds. The molecule has 2 aromatic carbocycles. The second-order valence-electron chi connectivity index (χ2n) is 4.80. The predicted molar refractivity (Wildman–Crippen MR) is 98.5 cm³/mol. The minimum atomic E-state index is 0.559. The zero-order valence-electron chi connectivity index (χ0n) is 11.8. The van der Waals surface area contributed by atoms with Crippen molar-refractivity contribution >= 4 is 46.6 Å². The van der Waals surface area contributed by atoms with Gasteiger partial charge >= 0.3 is 0 Å². The second kappa shape index (κ2) is 7.54. The summed E-state index contributed by atoms with van der Waals surface area (Å²) in [6, 6.07) is 13.2. The molecule has 0 saturated heterocycles. The summed E-state index contributed by atoms with van der Waals surface area (Å²) >= 11 is 19.4. The molecule has 2 nitrogen and oxygen atoms in total. The summed E-state index contributed by atoms with van der Waals surface area (Å²) in [5.41, 5.74) is 3.07. The molecule has 1 aromatic heterocycles. The predicted octanol–water partition coefficient (Wildman–Crippen LogP) is 6.40. The van der Waals surface area contributed by atoms with Crippen molar-refractivity contribution in [3.8, 4) is 11.1 Å². The Morgan fingerprint density at radius 1 is 0.783 bits per heavy atom. The Labute approximate surface area is 153 Å². The Hall–Kier alpha value is -1.26. The lowest BCUT2D eigenvalue weighted by Gasteiger charge is -2.04. The van der Waals surface area contributed by atoms with E-state index >= 15 is 0 Å². The van der Waals surface area contributed by atoms with Crippen molar-refractivity contribution in [2.24, 2.45) is 0 Å². The minimum Gasteiger partial charge on any atom is -0.230 e. The molecule has 23 heavy (non-hydrogen) atoms. The van der Waals surface area contributed by atoms with Crippen molar-refractivity contribution < 1.29 is 0 Å². The molecular weight excluding hydrogens is 371 g/mol. The van der Waals surface area contributed by atoms with Crippen molar-refractivity contribution in [1.29, 1.82) is 0 Å². The highest BCUT2D eigenvalue weighted by molar-refractivity contribution is 7.98. The quantitative estimate of drug-likeness (QED) is 0.386. The molecule has 0 radical (unpaired) electrons. The topological polar surface area (TPSA) is 25.8 Å². The molecule has 0 aliphatic carbocycles. The third-order valence-corrected chi connectivity index (χ3v) is 5.10. The molecule has 0 atom stereocenters. The lowest BCUT2D eigenvalue weighted by atomic mass is 10.1. The fourth-order valence-corrected chi connectivity index (χ4v) is 3.14. The number of hydrogen-bond acceptors (Lipinski definition) is 3. The van der Waals surface area contributed by atoms with E-state index in [1.165, 1.54) is 0 Å². The summed E-state index contributed by atoms with van der Waals surface area (Å²) in [4.78, 5) is 8.78. The van der Waals surface area contributed by atoms with Gasteiger partial charge in [0, 0.05) is 28.7 Å². The zero-order valence-corrected chi connectivity index (χ0v) is 14.9. The van der Waals surface area contributed by atoms with Crippen LogP contribution in [0.5, 0.6) is 0 Å². The van der Waals surface area contributed by atoms with E-state index in [-0.39, 0.29) is 0 Å². The van der Waals surface area contributed by atoms with Crippen LogP contribution in [0.1, 0.15) is 5.56 Å². The normalized spacial score (nSPS) is 10.7. The first-order chi connectivity index (χ1) is 11.1. The molecule has 0 saturated carbocycles. The van der Waals surface area contributed by atoms with Gasteiger partial charge in [-0.1, -0.05) is 64.8 Å². The summed E-state index contributed by atoms with van der Waals surface area (Å²) in [7, 11) is 0. The standard InChI is InChI=1S/C17H11Cl3N2S/c18-14-4-2-12(3-5-14)13-8-21-17(22-9-13)23-10-11-1-6-15(19)16(20)7-11/h1-9H,10H2. The molecule has 1 heterocycles. The third kappa shape index (κ3) is 4.39. The summed E-state index contributed by atoms with van der Waals surface area (Å²) < 4.78 is 0. The molecule has 6 heteroatoms. The number of benzene rings is 2. The zero-order chi connectivity index (χ0) is 16.2. The van der Waals surface area contributed by atoms with E-state index in [2.05, 4.69) is 9.97 Å². The average Bonchev–Trinajstić information content (AvgIpc) is 2.57. The van der Waals surface area contributed by atoms with Crippen molar-refractivity contribution in [2.45, 2.75) is 10.9 Å². The van der Waals surface area contributed by atoms with Crippen LogP contribution in [-0.4, -0.2) is 9.97 Å². The molecule has 3 rings (SSSR count). The lowest BCUT2D eigenvalue weighted by molar-refractivity contribution is 0.969. The average molecular weight is 382 g/mol. The monoisotopic (exact) mass is 380 g/mol. The van der Waals surface area contributed by atoms with Crippen LogP contribution < -0.4 is 0 Å².